The molecule has 2 aromatic heterocycles. The lowest BCUT2D eigenvalue weighted by Gasteiger charge is -2.26. The molecule has 7 nitrogen and oxygen atoms in total. The number of aromatic nitrogens is 3. The molecule has 10 heteroatoms. The van der Waals surface area contributed by atoms with Gasteiger partial charge < -0.3 is 4.74 Å². The molecule has 0 saturated carbocycles. The fourth-order valence-corrected chi connectivity index (χ4v) is 5.33. The molecule has 0 aliphatic carbocycles. The monoisotopic (exact) mass is 558 g/mol. The van der Waals surface area contributed by atoms with E-state index in [9.17, 15) is 18.4 Å². The molecule has 0 spiro atoms. The summed E-state index contributed by atoms with van der Waals surface area (Å²) >= 11 is 6.49. The standard InChI is InChI=1S/C30H21ClF2N4O3/c1-16-10-26(36-14-19(33)13-34-36)22-8-5-9-27(28(22)35-16)40-15-24-23(11-18(32)12-25(24)31)17(2)37-29(38)20-6-3-4-7-21(20)30(37)39/h3-14,17H,15H2,1-2H3. The number of fused-ring (bicyclic) bond motifs is 2. The molecule has 3 heterocycles. The number of carbonyl (C=O) groups excluding carboxylic acids is 2. The highest BCUT2D eigenvalue weighted by molar-refractivity contribution is 6.31. The van der Waals surface area contributed by atoms with Crippen LogP contribution >= 0.6 is 11.6 Å². The largest absolute Gasteiger partial charge is 0.487 e. The zero-order valence-electron chi connectivity index (χ0n) is 21.4. The maximum Gasteiger partial charge on any atom is 0.262 e. The van der Waals surface area contributed by atoms with E-state index in [0.717, 1.165) is 17.2 Å². The van der Waals surface area contributed by atoms with Crippen LogP contribution in [-0.2, 0) is 6.61 Å². The van der Waals surface area contributed by atoms with E-state index in [4.69, 9.17) is 16.3 Å². The number of benzene rings is 3. The molecule has 0 radical (unpaired) electrons. The summed E-state index contributed by atoms with van der Waals surface area (Å²) < 4.78 is 35.9. The van der Waals surface area contributed by atoms with E-state index < -0.39 is 29.5 Å². The van der Waals surface area contributed by atoms with Crippen molar-refractivity contribution in [2.75, 3.05) is 0 Å². The second-order valence-corrected chi connectivity index (χ2v) is 9.89. The van der Waals surface area contributed by atoms with Crippen molar-refractivity contribution in [3.63, 3.8) is 0 Å². The Kier molecular flexibility index (Phi) is 6.31. The highest BCUT2D eigenvalue weighted by Crippen LogP contribution is 2.36. The molecule has 200 valence electrons. The first kappa shape index (κ1) is 25.6. The number of aryl methyl sites for hydroxylation is 1. The van der Waals surface area contributed by atoms with E-state index >= 15 is 0 Å². The van der Waals surface area contributed by atoms with E-state index in [2.05, 4.69) is 10.1 Å². The zero-order chi connectivity index (χ0) is 28.1. The molecule has 3 aromatic carbocycles. The molecule has 1 atom stereocenters. The third-order valence-corrected chi connectivity index (χ3v) is 7.27. The van der Waals surface area contributed by atoms with Gasteiger partial charge in [0.1, 0.15) is 23.7 Å². The summed E-state index contributed by atoms with van der Waals surface area (Å²) in [6.45, 7) is 3.36. The Labute approximate surface area is 232 Å². The summed E-state index contributed by atoms with van der Waals surface area (Å²) in [5.41, 5.74) is 3.16. The summed E-state index contributed by atoms with van der Waals surface area (Å²) in [4.78, 5) is 32.0. The van der Waals surface area contributed by atoms with Crippen molar-refractivity contribution in [3.05, 3.63) is 118 Å². The second kappa shape index (κ2) is 9.84. The van der Waals surface area contributed by atoms with Crippen LogP contribution in [-0.4, -0.2) is 31.5 Å². The molecule has 0 fully saturated rings. The number of para-hydroxylation sites is 1. The summed E-state index contributed by atoms with van der Waals surface area (Å²) in [6, 6.07) is 15.3. The number of nitrogens with zero attached hydrogens (tertiary/aromatic N) is 4. The summed E-state index contributed by atoms with van der Waals surface area (Å²) in [5.74, 6) is -1.59. The van der Waals surface area contributed by atoms with Gasteiger partial charge in [0, 0.05) is 16.6 Å². The second-order valence-electron chi connectivity index (χ2n) is 9.48. The summed E-state index contributed by atoms with van der Waals surface area (Å²) in [5, 5.41) is 4.85. The van der Waals surface area contributed by atoms with Gasteiger partial charge in [0.05, 0.1) is 40.3 Å². The van der Waals surface area contributed by atoms with Crippen LogP contribution in [0.15, 0.2) is 73.1 Å². The molecule has 6 rings (SSSR count). The minimum atomic E-state index is -0.826. The molecular formula is C30H21ClF2N4O3. The van der Waals surface area contributed by atoms with E-state index in [-0.39, 0.29) is 11.6 Å². The van der Waals surface area contributed by atoms with Gasteiger partial charge >= 0.3 is 0 Å². The fraction of sp³-hybridized carbons (Fsp3) is 0.133. The molecule has 0 saturated heterocycles. The number of amides is 2. The first-order valence-corrected chi connectivity index (χ1v) is 12.8. The Morgan fingerprint density at radius 1 is 0.975 bits per heavy atom. The first-order valence-electron chi connectivity index (χ1n) is 12.4. The molecule has 1 aliphatic rings. The van der Waals surface area contributed by atoms with Gasteiger partial charge in [-0.15, -0.1) is 0 Å². The van der Waals surface area contributed by atoms with Crippen LogP contribution < -0.4 is 4.74 Å². The average molecular weight is 559 g/mol. The third kappa shape index (κ3) is 4.28. The number of hydrogen-bond donors (Lipinski definition) is 0. The predicted octanol–water partition coefficient (Wildman–Crippen LogP) is 6.60. The Morgan fingerprint density at radius 2 is 1.70 bits per heavy atom. The quantitative estimate of drug-likeness (QED) is 0.220. The Hall–Kier alpha value is -4.63. The van der Waals surface area contributed by atoms with Crippen molar-refractivity contribution < 1.29 is 23.1 Å². The van der Waals surface area contributed by atoms with Gasteiger partial charge in [0.2, 0.25) is 0 Å². The SMILES string of the molecule is Cc1cc(-n2cc(F)cn2)c2cccc(OCc3c(Cl)cc(F)cc3C(C)N3C(=O)c4ccccc4C3=O)c2n1. The van der Waals surface area contributed by atoms with E-state index in [1.54, 1.807) is 56.3 Å². The first-order chi connectivity index (χ1) is 19.2. The van der Waals surface area contributed by atoms with Crippen LogP contribution in [0.4, 0.5) is 8.78 Å². The molecule has 0 bridgehead atoms. The van der Waals surface area contributed by atoms with Crippen molar-refractivity contribution in [3.8, 4) is 11.4 Å². The van der Waals surface area contributed by atoms with Crippen LogP contribution in [0.25, 0.3) is 16.6 Å². The topological polar surface area (TPSA) is 77.3 Å². The van der Waals surface area contributed by atoms with Gasteiger partial charge in [0.25, 0.3) is 11.8 Å². The smallest absolute Gasteiger partial charge is 0.262 e. The number of ether oxygens (including phenoxy) is 1. The number of imide groups is 1. The van der Waals surface area contributed by atoms with Crippen LogP contribution in [0, 0.1) is 18.6 Å². The lowest BCUT2D eigenvalue weighted by atomic mass is 10.00. The minimum Gasteiger partial charge on any atom is -0.487 e. The number of halogens is 3. The highest BCUT2D eigenvalue weighted by atomic mass is 35.5. The molecule has 2 amide bonds. The summed E-state index contributed by atoms with van der Waals surface area (Å²) in [7, 11) is 0. The van der Waals surface area contributed by atoms with Crippen molar-refractivity contribution >= 4 is 34.3 Å². The van der Waals surface area contributed by atoms with Crippen LogP contribution in [0.3, 0.4) is 0 Å². The van der Waals surface area contributed by atoms with E-state index in [1.807, 2.05) is 6.07 Å². The number of hydrogen-bond acceptors (Lipinski definition) is 5. The molecule has 1 unspecified atom stereocenters. The van der Waals surface area contributed by atoms with Crippen LogP contribution in [0.5, 0.6) is 5.75 Å². The van der Waals surface area contributed by atoms with Gasteiger partial charge in [-0.2, -0.15) is 5.10 Å². The number of pyridine rings is 1. The van der Waals surface area contributed by atoms with Crippen molar-refractivity contribution in [2.24, 2.45) is 0 Å². The minimum absolute atomic E-state index is 0.0931. The molecule has 5 aromatic rings. The van der Waals surface area contributed by atoms with Gasteiger partial charge in [-0.05, 0) is 55.8 Å². The van der Waals surface area contributed by atoms with Gasteiger partial charge in [-0.1, -0.05) is 35.9 Å². The van der Waals surface area contributed by atoms with Crippen molar-refractivity contribution in [1.29, 1.82) is 0 Å². The molecular weight excluding hydrogens is 538 g/mol. The Bertz CT molecular complexity index is 1800. The highest BCUT2D eigenvalue weighted by Gasteiger charge is 2.39. The third-order valence-electron chi connectivity index (χ3n) is 6.94. The average Bonchev–Trinajstić information content (AvgIpc) is 3.47. The fourth-order valence-electron chi connectivity index (χ4n) is 5.06. The van der Waals surface area contributed by atoms with Gasteiger partial charge in [-0.25, -0.2) is 18.4 Å². The maximum atomic E-state index is 14.6. The number of carbonyl (C=O) groups is 2. The molecule has 40 heavy (non-hydrogen) atoms. The number of rotatable bonds is 6. The molecule has 1 aliphatic heterocycles. The lowest BCUT2D eigenvalue weighted by Crippen LogP contribution is -2.33. The van der Waals surface area contributed by atoms with Crippen molar-refractivity contribution in [1.82, 2.24) is 19.7 Å². The van der Waals surface area contributed by atoms with Gasteiger partial charge in [0.15, 0.2) is 5.82 Å². The maximum absolute atomic E-state index is 14.6. The van der Waals surface area contributed by atoms with E-state index in [1.165, 1.54) is 16.9 Å². The normalized spacial score (nSPS) is 13.7. The zero-order valence-corrected chi connectivity index (χ0v) is 22.1. The Balaban J connectivity index is 1.37. The lowest BCUT2D eigenvalue weighted by molar-refractivity contribution is 0.0593. The van der Waals surface area contributed by atoms with Crippen molar-refractivity contribution in [2.45, 2.75) is 26.5 Å². The Morgan fingerprint density at radius 3 is 2.38 bits per heavy atom. The van der Waals surface area contributed by atoms with E-state index in [0.29, 0.717) is 50.3 Å². The van der Waals surface area contributed by atoms with Crippen LogP contribution in [0.2, 0.25) is 5.02 Å². The predicted molar refractivity (Wildman–Crippen MR) is 145 cm³/mol. The van der Waals surface area contributed by atoms with Crippen LogP contribution in [0.1, 0.15) is 50.5 Å². The van der Waals surface area contributed by atoms with Gasteiger partial charge in [-0.3, -0.25) is 14.5 Å². The summed E-state index contributed by atoms with van der Waals surface area (Å²) in [6.07, 6.45) is 2.39. The molecule has 0 N–H and O–H groups in total.